The normalized spacial score (nSPS) is 12.3. The molecule has 2 aromatic heterocycles. The first-order chi connectivity index (χ1) is 13.4. The van der Waals surface area contributed by atoms with Crippen LogP contribution < -0.4 is 10.9 Å². The van der Waals surface area contributed by atoms with Gasteiger partial charge in [-0.05, 0) is 39.2 Å². The van der Waals surface area contributed by atoms with E-state index >= 15 is 0 Å². The van der Waals surface area contributed by atoms with Crippen LogP contribution in [-0.2, 0) is 6.54 Å². The van der Waals surface area contributed by atoms with Gasteiger partial charge >= 0.3 is 0 Å². The number of nitrogens with one attached hydrogen (secondary N) is 2. The second kappa shape index (κ2) is 8.24. The fourth-order valence-corrected chi connectivity index (χ4v) is 4.33. The van der Waals surface area contributed by atoms with Gasteiger partial charge in [0.2, 0.25) is 0 Å². The summed E-state index contributed by atoms with van der Waals surface area (Å²) in [7, 11) is 0. The highest BCUT2D eigenvalue weighted by Crippen LogP contribution is 2.29. The second-order valence-corrected chi connectivity index (χ2v) is 7.74. The first-order valence-electron chi connectivity index (χ1n) is 9.14. The molecule has 0 saturated heterocycles. The van der Waals surface area contributed by atoms with Crippen LogP contribution in [0.5, 0.6) is 0 Å². The molecule has 2 heterocycles. The zero-order valence-electron chi connectivity index (χ0n) is 16.5. The predicted octanol–water partition coefficient (Wildman–Crippen LogP) is 3.15. The molecule has 0 bridgehead atoms. The molecule has 3 N–H and O–H groups in total. The van der Waals surface area contributed by atoms with Crippen LogP contribution in [0.1, 0.15) is 40.3 Å². The third-order valence-electron chi connectivity index (χ3n) is 4.96. The summed E-state index contributed by atoms with van der Waals surface area (Å²) in [6.45, 7) is 5.77. The van der Waals surface area contributed by atoms with Crippen molar-refractivity contribution in [3.05, 3.63) is 63.2 Å². The fraction of sp³-hybridized carbons (Fsp3) is 0.333. The minimum absolute atomic E-state index is 0.0175. The molecule has 28 heavy (non-hydrogen) atoms. The highest BCUT2D eigenvalue weighted by atomic mass is 32.2. The van der Waals surface area contributed by atoms with Gasteiger partial charge in [0.1, 0.15) is 0 Å². The van der Waals surface area contributed by atoms with Gasteiger partial charge in [0.05, 0.1) is 18.2 Å². The van der Waals surface area contributed by atoms with E-state index in [9.17, 15) is 14.7 Å². The van der Waals surface area contributed by atoms with E-state index < -0.39 is 0 Å². The number of H-pyrrole nitrogens is 1. The average molecular weight is 400 g/mol. The number of aromatic nitrogens is 2. The van der Waals surface area contributed by atoms with Crippen molar-refractivity contribution in [3.8, 4) is 0 Å². The maximum atomic E-state index is 13.0. The van der Waals surface area contributed by atoms with E-state index in [4.69, 9.17) is 0 Å². The Balaban J connectivity index is 1.98. The van der Waals surface area contributed by atoms with Crippen molar-refractivity contribution in [2.24, 2.45) is 0 Å². The minimum Gasteiger partial charge on any atom is -0.394 e. The van der Waals surface area contributed by atoms with Gasteiger partial charge in [-0.1, -0.05) is 18.2 Å². The standard InChI is InChI=1S/C21H25N3O3S/c1-12-9-18(28-4)16(20(26)23-12)10-22-21(27)19-14(3)24(13(2)11-25)17-8-6-5-7-15(17)19/h5-9,13,25H,10-11H2,1-4H3,(H,22,27)(H,23,26)/t13-/m1/s1. The monoisotopic (exact) mass is 399 g/mol. The molecule has 7 heteroatoms. The minimum atomic E-state index is -0.232. The lowest BCUT2D eigenvalue weighted by Gasteiger charge is -2.15. The Bertz CT molecular complexity index is 1080. The Labute approximate surface area is 168 Å². The van der Waals surface area contributed by atoms with E-state index in [0.29, 0.717) is 11.1 Å². The third kappa shape index (κ3) is 3.59. The maximum Gasteiger partial charge on any atom is 0.254 e. The third-order valence-corrected chi connectivity index (χ3v) is 5.77. The number of hydrogen-bond donors (Lipinski definition) is 3. The van der Waals surface area contributed by atoms with Gasteiger partial charge in [0.15, 0.2) is 0 Å². The van der Waals surface area contributed by atoms with Crippen molar-refractivity contribution in [1.29, 1.82) is 0 Å². The number of pyridine rings is 1. The van der Waals surface area contributed by atoms with Crippen LogP contribution in [0.4, 0.5) is 0 Å². The number of hydrogen-bond acceptors (Lipinski definition) is 4. The molecule has 0 aliphatic carbocycles. The first kappa shape index (κ1) is 20.2. The first-order valence-corrected chi connectivity index (χ1v) is 10.4. The zero-order chi connectivity index (χ0) is 20.4. The smallest absolute Gasteiger partial charge is 0.254 e. The van der Waals surface area contributed by atoms with Crippen LogP contribution in [0.15, 0.2) is 40.0 Å². The number of benzene rings is 1. The van der Waals surface area contributed by atoms with Gasteiger partial charge in [0.25, 0.3) is 11.5 Å². The number of amides is 1. The molecule has 0 spiro atoms. The molecular weight excluding hydrogens is 374 g/mol. The van der Waals surface area contributed by atoms with Gasteiger partial charge in [-0.2, -0.15) is 0 Å². The van der Waals surface area contributed by atoms with Crippen LogP contribution in [0.2, 0.25) is 0 Å². The summed E-state index contributed by atoms with van der Waals surface area (Å²) < 4.78 is 1.98. The van der Waals surface area contributed by atoms with Crippen molar-refractivity contribution in [2.45, 2.75) is 38.3 Å². The molecule has 148 valence electrons. The van der Waals surface area contributed by atoms with Gasteiger partial charge in [-0.25, -0.2) is 0 Å². The SMILES string of the molecule is CSc1cc(C)[nH]c(=O)c1CNC(=O)c1c(C)n([C@H](C)CO)c2ccccc12. The molecule has 0 fully saturated rings. The van der Waals surface area contributed by atoms with E-state index in [1.54, 1.807) is 0 Å². The van der Waals surface area contributed by atoms with Gasteiger partial charge in [-0.15, -0.1) is 11.8 Å². The number of para-hydroxylation sites is 1. The lowest BCUT2D eigenvalue weighted by atomic mass is 10.1. The number of carbonyl (C=O) groups is 1. The quantitative estimate of drug-likeness (QED) is 0.556. The lowest BCUT2D eigenvalue weighted by Crippen LogP contribution is -2.28. The van der Waals surface area contributed by atoms with E-state index in [1.165, 1.54) is 11.8 Å². The Morgan fingerprint density at radius 3 is 2.71 bits per heavy atom. The number of nitrogens with zero attached hydrogens (tertiary/aromatic N) is 1. The molecule has 0 unspecified atom stereocenters. The summed E-state index contributed by atoms with van der Waals surface area (Å²) in [6.07, 6.45) is 1.91. The van der Waals surface area contributed by atoms with Crippen LogP contribution in [-0.4, -0.2) is 33.4 Å². The molecule has 0 aliphatic heterocycles. The number of aryl methyl sites for hydroxylation is 1. The van der Waals surface area contributed by atoms with Crippen molar-refractivity contribution < 1.29 is 9.90 Å². The molecule has 0 radical (unpaired) electrons. The number of fused-ring (bicyclic) bond motifs is 1. The maximum absolute atomic E-state index is 13.0. The Hall–Kier alpha value is -2.51. The van der Waals surface area contributed by atoms with Gasteiger partial charge in [0, 0.05) is 39.3 Å². The summed E-state index contributed by atoms with van der Waals surface area (Å²) in [5.74, 6) is -0.232. The predicted molar refractivity (Wildman–Crippen MR) is 113 cm³/mol. The van der Waals surface area contributed by atoms with Gasteiger partial charge < -0.3 is 20.0 Å². The van der Waals surface area contributed by atoms with E-state index in [2.05, 4.69) is 10.3 Å². The van der Waals surface area contributed by atoms with Crippen molar-refractivity contribution in [1.82, 2.24) is 14.9 Å². The molecule has 0 aliphatic rings. The molecule has 0 saturated carbocycles. The number of carbonyl (C=O) groups excluding carboxylic acids is 1. The topological polar surface area (TPSA) is 87.1 Å². The van der Waals surface area contributed by atoms with E-state index in [-0.39, 0.29) is 30.7 Å². The summed E-state index contributed by atoms with van der Waals surface area (Å²) in [5.41, 5.74) is 3.44. The Kier molecular flexibility index (Phi) is 5.96. The molecule has 1 amide bonds. The molecule has 6 nitrogen and oxygen atoms in total. The summed E-state index contributed by atoms with van der Waals surface area (Å²) in [5, 5.41) is 13.4. The highest BCUT2D eigenvalue weighted by molar-refractivity contribution is 7.98. The van der Waals surface area contributed by atoms with Crippen LogP contribution in [0.3, 0.4) is 0 Å². The second-order valence-electron chi connectivity index (χ2n) is 6.89. The van der Waals surface area contributed by atoms with Crippen LogP contribution in [0, 0.1) is 13.8 Å². The van der Waals surface area contributed by atoms with Crippen molar-refractivity contribution in [3.63, 3.8) is 0 Å². The number of thioether (sulfide) groups is 1. The molecule has 1 aromatic carbocycles. The Morgan fingerprint density at radius 1 is 1.32 bits per heavy atom. The number of aliphatic hydroxyl groups is 1. The average Bonchev–Trinajstić information content (AvgIpc) is 2.97. The lowest BCUT2D eigenvalue weighted by molar-refractivity contribution is 0.0951. The van der Waals surface area contributed by atoms with Crippen LogP contribution >= 0.6 is 11.8 Å². The van der Waals surface area contributed by atoms with E-state index in [0.717, 1.165) is 27.2 Å². The summed E-state index contributed by atoms with van der Waals surface area (Å²) in [6, 6.07) is 9.43. The molecule has 3 aromatic rings. The molecule has 3 rings (SSSR count). The molecule has 1 atom stereocenters. The van der Waals surface area contributed by atoms with Crippen molar-refractivity contribution >= 4 is 28.6 Å². The van der Waals surface area contributed by atoms with Crippen LogP contribution in [0.25, 0.3) is 10.9 Å². The summed E-state index contributed by atoms with van der Waals surface area (Å²) >= 11 is 1.48. The van der Waals surface area contributed by atoms with Gasteiger partial charge in [-0.3, -0.25) is 9.59 Å². The zero-order valence-corrected chi connectivity index (χ0v) is 17.3. The fourth-order valence-electron chi connectivity index (χ4n) is 3.62. The largest absolute Gasteiger partial charge is 0.394 e. The highest BCUT2D eigenvalue weighted by Gasteiger charge is 2.22. The molecular formula is C21H25N3O3S. The summed E-state index contributed by atoms with van der Waals surface area (Å²) in [4.78, 5) is 29.0. The number of aliphatic hydroxyl groups excluding tert-OH is 1. The van der Waals surface area contributed by atoms with Crippen molar-refractivity contribution in [2.75, 3.05) is 12.9 Å². The van der Waals surface area contributed by atoms with E-state index in [1.807, 2.05) is 61.9 Å². The number of rotatable bonds is 6. The Morgan fingerprint density at radius 2 is 2.04 bits per heavy atom. The number of aromatic amines is 1.